The van der Waals surface area contributed by atoms with E-state index in [1.54, 1.807) is 41.5 Å². The summed E-state index contributed by atoms with van der Waals surface area (Å²) < 4.78 is 5.47. The number of fused-ring (bicyclic) bond motifs is 1. The van der Waals surface area contributed by atoms with Gasteiger partial charge in [-0.15, -0.1) is 0 Å². The maximum Gasteiger partial charge on any atom is 0.266 e. The molecule has 2 heterocycles. The maximum absolute atomic E-state index is 13.6. The summed E-state index contributed by atoms with van der Waals surface area (Å²) in [6, 6.07) is 24.9. The van der Waals surface area contributed by atoms with Crippen LogP contribution in [0.4, 0.5) is 11.4 Å². The molecule has 7 heteroatoms. The number of amides is 2. The molecule has 2 aliphatic heterocycles. The number of carbonyl (C=O) groups excluding carboxylic acids is 2. The Morgan fingerprint density at radius 2 is 1.61 bits per heavy atom. The topological polar surface area (TPSA) is 82.9 Å². The van der Waals surface area contributed by atoms with Gasteiger partial charge in [0.2, 0.25) is 5.91 Å². The van der Waals surface area contributed by atoms with E-state index in [1.165, 1.54) is 4.90 Å². The lowest BCUT2D eigenvalue weighted by atomic mass is 9.90. The van der Waals surface area contributed by atoms with Gasteiger partial charge in [-0.1, -0.05) is 30.3 Å². The molecule has 33 heavy (non-hydrogen) atoms. The summed E-state index contributed by atoms with van der Waals surface area (Å²) in [6.07, 6.45) is -0.940. The molecule has 0 aromatic heterocycles. The summed E-state index contributed by atoms with van der Waals surface area (Å²) in [4.78, 5) is 34.3. The van der Waals surface area contributed by atoms with Crippen molar-refractivity contribution in [1.82, 2.24) is 0 Å². The van der Waals surface area contributed by atoms with Crippen molar-refractivity contribution in [2.24, 2.45) is 5.92 Å². The fourth-order valence-electron chi connectivity index (χ4n) is 4.42. The van der Waals surface area contributed by atoms with E-state index in [0.717, 1.165) is 11.3 Å². The van der Waals surface area contributed by atoms with E-state index in [1.807, 2.05) is 49.4 Å². The zero-order valence-electron chi connectivity index (χ0n) is 17.9. The van der Waals surface area contributed by atoms with Crippen LogP contribution in [0, 0.1) is 17.2 Å². The second-order valence-corrected chi connectivity index (χ2v) is 7.83. The van der Waals surface area contributed by atoms with Crippen LogP contribution in [0.5, 0.6) is 5.75 Å². The normalized spacial score (nSPS) is 21.8. The van der Waals surface area contributed by atoms with Crippen LogP contribution >= 0.6 is 0 Å². The van der Waals surface area contributed by atoms with Crippen molar-refractivity contribution < 1.29 is 19.2 Å². The fourth-order valence-corrected chi connectivity index (χ4v) is 4.42. The Balaban J connectivity index is 1.53. The fraction of sp³-hybridized carbons (Fsp3) is 0.192. The largest absolute Gasteiger partial charge is 0.494 e. The van der Waals surface area contributed by atoms with Gasteiger partial charge in [0.1, 0.15) is 11.7 Å². The van der Waals surface area contributed by atoms with Crippen molar-refractivity contribution in [3.8, 4) is 11.8 Å². The van der Waals surface area contributed by atoms with Crippen molar-refractivity contribution in [3.05, 3.63) is 90.0 Å². The molecule has 3 aromatic rings. The average molecular weight is 439 g/mol. The first-order valence-corrected chi connectivity index (χ1v) is 10.7. The van der Waals surface area contributed by atoms with Gasteiger partial charge in [0.15, 0.2) is 6.10 Å². The van der Waals surface area contributed by atoms with E-state index in [0.29, 0.717) is 23.6 Å². The molecule has 3 aromatic carbocycles. The van der Waals surface area contributed by atoms with Gasteiger partial charge in [-0.05, 0) is 61.0 Å². The number of para-hydroxylation sites is 1. The minimum Gasteiger partial charge on any atom is -0.494 e. The Kier molecular flexibility index (Phi) is 5.29. The molecule has 7 nitrogen and oxygen atoms in total. The minimum absolute atomic E-state index is 0.318. The minimum atomic E-state index is -0.940. The van der Waals surface area contributed by atoms with Crippen LogP contribution < -0.4 is 14.7 Å². The van der Waals surface area contributed by atoms with Gasteiger partial charge >= 0.3 is 0 Å². The highest BCUT2D eigenvalue weighted by atomic mass is 16.7. The Labute approximate surface area is 191 Å². The zero-order chi connectivity index (χ0) is 22.9. The average Bonchev–Trinajstić information content (AvgIpc) is 3.36. The molecule has 0 N–H and O–H groups in total. The first kappa shape index (κ1) is 20.7. The number of rotatable bonds is 5. The first-order valence-electron chi connectivity index (χ1n) is 10.7. The predicted octanol–water partition coefficient (Wildman–Crippen LogP) is 4.01. The summed E-state index contributed by atoms with van der Waals surface area (Å²) >= 11 is 0. The van der Waals surface area contributed by atoms with Crippen LogP contribution in [0.2, 0.25) is 0 Å². The van der Waals surface area contributed by atoms with Crippen molar-refractivity contribution >= 4 is 23.2 Å². The van der Waals surface area contributed by atoms with Gasteiger partial charge in [0.05, 0.1) is 35.7 Å². The van der Waals surface area contributed by atoms with Gasteiger partial charge in [0, 0.05) is 0 Å². The van der Waals surface area contributed by atoms with E-state index < -0.39 is 24.0 Å². The molecule has 164 valence electrons. The number of anilines is 2. The van der Waals surface area contributed by atoms with E-state index in [-0.39, 0.29) is 5.91 Å². The lowest BCUT2D eigenvalue weighted by molar-refractivity contribution is -0.126. The second kappa shape index (κ2) is 8.41. The predicted molar refractivity (Wildman–Crippen MR) is 121 cm³/mol. The second-order valence-electron chi connectivity index (χ2n) is 7.83. The molecule has 0 unspecified atom stereocenters. The van der Waals surface area contributed by atoms with Crippen LogP contribution in [0.15, 0.2) is 78.9 Å². The molecule has 5 rings (SSSR count). The highest BCUT2D eigenvalue weighted by Crippen LogP contribution is 2.47. The van der Waals surface area contributed by atoms with E-state index in [2.05, 4.69) is 6.07 Å². The van der Waals surface area contributed by atoms with Gasteiger partial charge < -0.3 is 4.74 Å². The van der Waals surface area contributed by atoms with Crippen molar-refractivity contribution in [2.75, 3.05) is 16.6 Å². The number of nitriles is 1. The zero-order valence-corrected chi connectivity index (χ0v) is 17.9. The van der Waals surface area contributed by atoms with Crippen LogP contribution in [-0.4, -0.2) is 24.5 Å². The number of hydroxylamine groups is 1. The number of imide groups is 1. The summed E-state index contributed by atoms with van der Waals surface area (Å²) in [5, 5.41) is 10.8. The smallest absolute Gasteiger partial charge is 0.266 e. The lowest BCUT2D eigenvalue weighted by Crippen LogP contribution is -2.37. The number of nitrogens with zero attached hydrogens (tertiary/aromatic N) is 3. The standard InChI is InChI=1S/C26H21N3O4/c1-2-32-21-14-12-19(13-15-21)28-25(30)22-23(18-10-8-17(16-27)9-11-18)29(33-24(22)26(28)31)20-6-4-3-5-7-20/h3-15,22-24H,2H2,1H3/t22-,23-,24+/m1/s1. The molecule has 0 saturated carbocycles. The molecule has 0 bridgehead atoms. The Hall–Kier alpha value is -4.15. The quantitative estimate of drug-likeness (QED) is 0.559. The lowest BCUT2D eigenvalue weighted by Gasteiger charge is -2.28. The summed E-state index contributed by atoms with van der Waals surface area (Å²) in [7, 11) is 0. The monoisotopic (exact) mass is 439 g/mol. The number of hydrogen-bond acceptors (Lipinski definition) is 6. The van der Waals surface area contributed by atoms with Gasteiger partial charge in [-0.2, -0.15) is 5.26 Å². The van der Waals surface area contributed by atoms with Crippen LogP contribution in [0.3, 0.4) is 0 Å². The first-order chi connectivity index (χ1) is 16.1. The molecule has 2 saturated heterocycles. The molecule has 3 atom stereocenters. The number of ether oxygens (including phenoxy) is 1. The highest BCUT2D eigenvalue weighted by Gasteiger charge is 2.60. The van der Waals surface area contributed by atoms with Crippen LogP contribution in [0.25, 0.3) is 0 Å². The van der Waals surface area contributed by atoms with Gasteiger partial charge in [-0.25, -0.2) is 9.96 Å². The van der Waals surface area contributed by atoms with E-state index in [4.69, 9.17) is 14.8 Å². The number of benzene rings is 3. The molecule has 2 fully saturated rings. The molecule has 2 aliphatic rings. The third-order valence-corrected chi connectivity index (χ3v) is 5.91. The van der Waals surface area contributed by atoms with Gasteiger partial charge in [0.25, 0.3) is 5.91 Å². The maximum atomic E-state index is 13.6. The SMILES string of the molecule is CCOc1ccc(N2C(=O)[C@H]3[C@H](ON(c4ccccc4)[C@@H]3c3ccc(C#N)cc3)C2=O)cc1. The summed E-state index contributed by atoms with van der Waals surface area (Å²) in [5.41, 5.74) is 2.54. The molecule has 0 radical (unpaired) electrons. The third kappa shape index (κ3) is 3.51. The molecule has 2 amide bonds. The Morgan fingerprint density at radius 3 is 2.24 bits per heavy atom. The van der Waals surface area contributed by atoms with Crippen molar-refractivity contribution in [2.45, 2.75) is 19.1 Å². The van der Waals surface area contributed by atoms with Crippen molar-refractivity contribution in [1.29, 1.82) is 5.26 Å². The molecule has 0 aliphatic carbocycles. The van der Waals surface area contributed by atoms with Gasteiger partial charge in [-0.3, -0.25) is 14.4 Å². The Morgan fingerprint density at radius 1 is 0.909 bits per heavy atom. The number of hydrogen-bond donors (Lipinski definition) is 0. The van der Waals surface area contributed by atoms with Crippen molar-refractivity contribution in [3.63, 3.8) is 0 Å². The molecular weight excluding hydrogens is 418 g/mol. The molecular formula is C26H21N3O4. The third-order valence-electron chi connectivity index (χ3n) is 5.91. The number of carbonyl (C=O) groups is 2. The molecule has 0 spiro atoms. The Bertz CT molecular complexity index is 1220. The van der Waals surface area contributed by atoms with E-state index in [9.17, 15) is 9.59 Å². The summed E-state index contributed by atoms with van der Waals surface area (Å²) in [6.45, 7) is 2.42. The summed E-state index contributed by atoms with van der Waals surface area (Å²) in [5.74, 6) is -0.770. The highest BCUT2D eigenvalue weighted by molar-refractivity contribution is 6.23. The van der Waals surface area contributed by atoms with E-state index >= 15 is 0 Å². The van der Waals surface area contributed by atoms with Crippen LogP contribution in [0.1, 0.15) is 24.1 Å². The van der Waals surface area contributed by atoms with Crippen LogP contribution in [-0.2, 0) is 14.4 Å².